The van der Waals surface area contributed by atoms with Crippen molar-refractivity contribution in [2.24, 2.45) is 0 Å². The lowest BCUT2D eigenvalue weighted by molar-refractivity contribution is -0.138. The van der Waals surface area contributed by atoms with Crippen LogP contribution in [0.1, 0.15) is 43.0 Å². The molecule has 0 atom stereocenters. The number of rotatable bonds is 7. The van der Waals surface area contributed by atoms with Crippen LogP contribution < -0.4 is 0 Å². The molecule has 0 saturated heterocycles. The molecule has 2 aromatic carbocycles. The molecule has 2 aromatic rings. The van der Waals surface area contributed by atoms with Gasteiger partial charge in [-0.1, -0.05) is 62.6 Å². The van der Waals surface area contributed by atoms with E-state index in [1.54, 1.807) is 12.1 Å². The molecule has 0 fully saturated rings. The van der Waals surface area contributed by atoms with Crippen LogP contribution in [0, 0.1) is 0 Å². The molecule has 0 aliphatic heterocycles. The van der Waals surface area contributed by atoms with Gasteiger partial charge < -0.3 is 4.74 Å². The van der Waals surface area contributed by atoms with Gasteiger partial charge in [-0.3, -0.25) is 4.79 Å². The molecule has 3 nitrogen and oxygen atoms in total. The van der Waals surface area contributed by atoms with Crippen LogP contribution in [0.15, 0.2) is 42.5 Å². The van der Waals surface area contributed by atoms with E-state index in [9.17, 15) is 9.59 Å². The number of benzene rings is 2. The van der Waals surface area contributed by atoms with Crippen LogP contribution in [0.4, 0.5) is 0 Å². The Kier molecular flexibility index (Phi) is 5.50. The monoisotopic (exact) mass is 284 g/mol. The molecule has 0 amide bonds. The first kappa shape index (κ1) is 15.2. The Morgan fingerprint density at radius 2 is 1.71 bits per heavy atom. The normalized spacial score (nSPS) is 10.5. The second-order valence-corrected chi connectivity index (χ2v) is 5.09. The number of carbonyl (C=O) groups excluding carboxylic acids is 2. The van der Waals surface area contributed by atoms with E-state index in [-0.39, 0.29) is 0 Å². The average Bonchev–Trinajstić information content (AvgIpc) is 2.53. The van der Waals surface area contributed by atoms with Gasteiger partial charge in [-0.2, -0.15) is 0 Å². The number of carbonyl (C=O) groups is 2. The molecule has 0 aliphatic rings. The number of ether oxygens (including phenoxy) is 1. The second-order valence-electron chi connectivity index (χ2n) is 5.09. The van der Waals surface area contributed by atoms with E-state index in [1.807, 2.05) is 30.3 Å². The predicted molar refractivity (Wildman–Crippen MR) is 83.4 cm³/mol. The topological polar surface area (TPSA) is 43.4 Å². The van der Waals surface area contributed by atoms with Crippen molar-refractivity contribution in [2.45, 2.75) is 32.6 Å². The zero-order chi connectivity index (χ0) is 15.1. The first-order valence-electron chi connectivity index (χ1n) is 7.42. The van der Waals surface area contributed by atoms with Crippen molar-refractivity contribution in [3.8, 4) is 0 Å². The largest absolute Gasteiger partial charge is 0.460 e. The highest BCUT2D eigenvalue weighted by molar-refractivity contribution is 6.40. The Hall–Kier alpha value is -2.16. The number of unbranched alkanes of at least 4 members (excludes halogenated alkanes) is 3. The van der Waals surface area contributed by atoms with Gasteiger partial charge in [0.15, 0.2) is 0 Å². The first-order chi connectivity index (χ1) is 10.2. The summed E-state index contributed by atoms with van der Waals surface area (Å²) in [5.41, 5.74) is 0.382. The Morgan fingerprint density at radius 3 is 2.48 bits per heavy atom. The Balaban J connectivity index is 1.96. The molecular formula is C18H20O3. The fourth-order valence-corrected chi connectivity index (χ4v) is 2.21. The molecule has 0 aromatic heterocycles. The van der Waals surface area contributed by atoms with Crippen molar-refractivity contribution in [1.29, 1.82) is 0 Å². The Labute approximate surface area is 124 Å². The van der Waals surface area contributed by atoms with Gasteiger partial charge in [0.2, 0.25) is 0 Å². The van der Waals surface area contributed by atoms with Gasteiger partial charge in [-0.25, -0.2) is 4.79 Å². The lowest BCUT2D eigenvalue weighted by Gasteiger charge is -2.05. The molecule has 0 saturated carbocycles. The number of ketones is 1. The summed E-state index contributed by atoms with van der Waals surface area (Å²) in [7, 11) is 0. The molecule has 21 heavy (non-hydrogen) atoms. The summed E-state index contributed by atoms with van der Waals surface area (Å²) in [6, 6.07) is 13.0. The lowest BCUT2D eigenvalue weighted by Crippen LogP contribution is -2.18. The predicted octanol–water partition coefficient (Wildman–Crippen LogP) is 4.15. The zero-order valence-corrected chi connectivity index (χ0v) is 12.3. The molecule has 0 radical (unpaired) electrons. The van der Waals surface area contributed by atoms with Crippen molar-refractivity contribution in [1.82, 2.24) is 0 Å². The molecule has 0 spiro atoms. The van der Waals surface area contributed by atoms with E-state index in [1.165, 1.54) is 0 Å². The second kappa shape index (κ2) is 7.58. The van der Waals surface area contributed by atoms with Gasteiger partial charge in [0, 0.05) is 5.56 Å². The number of esters is 1. The van der Waals surface area contributed by atoms with Crippen LogP contribution in [0.25, 0.3) is 10.8 Å². The SMILES string of the molecule is CCCCCCOC(=O)C(=O)c1ccc2ccccc2c1. The first-order valence-corrected chi connectivity index (χ1v) is 7.42. The minimum absolute atomic E-state index is 0.318. The maximum absolute atomic E-state index is 12.0. The fraction of sp³-hybridized carbons (Fsp3) is 0.333. The van der Waals surface area contributed by atoms with Gasteiger partial charge in [0.25, 0.3) is 5.78 Å². The van der Waals surface area contributed by atoms with E-state index in [4.69, 9.17) is 4.74 Å². The van der Waals surface area contributed by atoms with Crippen molar-refractivity contribution >= 4 is 22.5 Å². The van der Waals surface area contributed by atoms with E-state index < -0.39 is 11.8 Å². The van der Waals surface area contributed by atoms with Crippen molar-refractivity contribution < 1.29 is 14.3 Å². The van der Waals surface area contributed by atoms with Crippen LogP contribution in [0.3, 0.4) is 0 Å². The van der Waals surface area contributed by atoms with Gasteiger partial charge in [-0.15, -0.1) is 0 Å². The fourth-order valence-electron chi connectivity index (χ4n) is 2.21. The smallest absolute Gasteiger partial charge is 0.379 e. The lowest BCUT2D eigenvalue weighted by atomic mass is 10.0. The molecule has 0 N–H and O–H groups in total. The van der Waals surface area contributed by atoms with Crippen LogP contribution in [0.5, 0.6) is 0 Å². The van der Waals surface area contributed by atoms with E-state index >= 15 is 0 Å². The molecular weight excluding hydrogens is 264 g/mol. The molecule has 0 heterocycles. The zero-order valence-electron chi connectivity index (χ0n) is 12.3. The maximum atomic E-state index is 12.0. The van der Waals surface area contributed by atoms with Gasteiger partial charge in [0.1, 0.15) is 0 Å². The minimum Gasteiger partial charge on any atom is -0.460 e. The van der Waals surface area contributed by atoms with Crippen molar-refractivity contribution in [3.63, 3.8) is 0 Å². The summed E-state index contributed by atoms with van der Waals surface area (Å²) in [4.78, 5) is 23.8. The summed E-state index contributed by atoms with van der Waals surface area (Å²) in [5, 5.41) is 1.99. The molecule has 0 bridgehead atoms. The number of fused-ring (bicyclic) bond motifs is 1. The Bertz CT molecular complexity index is 631. The molecule has 2 rings (SSSR count). The molecule has 3 heteroatoms. The van der Waals surface area contributed by atoms with Crippen LogP contribution in [-0.2, 0) is 9.53 Å². The highest BCUT2D eigenvalue weighted by Crippen LogP contribution is 2.16. The summed E-state index contributed by atoms with van der Waals surface area (Å²) < 4.78 is 5.03. The summed E-state index contributed by atoms with van der Waals surface area (Å²) >= 11 is 0. The third-order valence-corrected chi connectivity index (χ3v) is 3.43. The van der Waals surface area contributed by atoms with Gasteiger partial charge in [-0.05, 0) is 23.3 Å². The number of hydrogen-bond acceptors (Lipinski definition) is 3. The van der Waals surface area contributed by atoms with Crippen LogP contribution in [-0.4, -0.2) is 18.4 Å². The standard InChI is InChI=1S/C18H20O3/c1-2-3-4-7-12-21-18(20)17(19)16-11-10-14-8-5-6-9-15(14)13-16/h5-6,8-11,13H,2-4,7,12H2,1H3. The third kappa shape index (κ3) is 4.15. The quantitative estimate of drug-likeness (QED) is 0.332. The minimum atomic E-state index is -0.762. The Morgan fingerprint density at radius 1 is 0.952 bits per heavy atom. The summed E-state index contributed by atoms with van der Waals surface area (Å²) in [6.07, 6.45) is 4.08. The van der Waals surface area contributed by atoms with Crippen molar-refractivity contribution in [3.05, 3.63) is 48.0 Å². The number of hydrogen-bond donors (Lipinski definition) is 0. The summed E-state index contributed by atoms with van der Waals surface area (Å²) in [6.45, 7) is 2.44. The van der Waals surface area contributed by atoms with Gasteiger partial charge >= 0.3 is 5.97 Å². The van der Waals surface area contributed by atoms with E-state index in [0.29, 0.717) is 12.2 Å². The van der Waals surface area contributed by atoms with E-state index in [2.05, 4.69) is 6.92 Å². The van der Waals surface area contributed by atoms with Crippen LogP contribution in [0.2, 0.25) is 0 Å². The molecule has 0 unspecified atom stereocenters. The maximum Gasteiger partial charge on any atom is 0.379 e. The van der Waals surface area contributed by atoms with Gasteiger partial charge in [0.05, 0.1) is 6.61 Å². The highest BCUT2D eigenvalue weighted by Gasteiger charge is 2.17. The average molecular weight is 284 g/mol. The molecule has 110 valence electrons. The third-order valence-electron chi connectivity index (χ3n) is 3.43. The van der Waals surface area contributed by atoms with Crippen LogP contribution >= 0.6 is 0 Å². The van der Waals surface area contributed by atoms with Crippen molar-refractivity contribution in [2.75, 3.05) is 6.61 Å². The summed E-state index contributed by atoms with van der Waals surface area (Å²) in [5.74, 6) is -1.34. The van der Waals surface area contributed by atoms with E-state index in [0.717, 1.165) is 36.5 Å². The molecule has 0 aliphatic carbocycles. The highest BCUT2D eigenvalue weighted by atomic mass is 16.5. The number of Topliss-reactive ketones (excluding diaryl/α,β-unsaturated/α-hetero) is 1.